The number of benzene rings is 1. The van der Waals surface area contributed by atoms with Gasteiger partial charge in [-0.05, 0) is 24.7 Å². The third-order valence-corrected chi connectivity index (χ3v) is 5.53. The molecule has 1 aliphatic rings. The van der Waals surface area contributed by atoms with Gasteiger partial charge >= 0.3 is 0 Å². The molecular weight excluding hydrogens is 328 g/mol. The SMILES string of the molecule is CN1CCN(C(=S)SCc2ccc3nc(N)nc(N)c3c2)CC1. The molecule has 1 saturated heterocycles. The van der Waals surface area contributed by atoms with Crippen LogP contribution in [0, 0.1) is 0 Å². The summed E-state index contributed by atoms with van der Waals surface area (Å²) in [6.45, 7) is 4.12. The van der Waals surface area contributed by atoms with Crippen LogP contribution in [0.4, 0.5) is 11.8 Å². The number of thioether (sulfide) groups is 1. The van der Waals surface area contributed by atoms with Crippen molar-refractivity contribution in [1.82, 2.24) is 19.8 Å². The minimum atomic E-state index is 0.202. The smallest absolute Gasteiger partial charge is 0.222 e. The number of aromatic nitrogens is 2. The predicted octanol–water partition coefficient (Wildman–Crippen LogP) is 1.56. The van der Waals surface area contributed by atoms with Gasteiger partial charge in [-0.15, -0.1) is 0 Å². The molecule has 1 aromatic heterocycles. The first kappa shape index (κ1) is 16.2. The molecule has 8 heteroatoms. The van der Waals surface area contributed by atoms with Crippen molar-refractivity contribution in [2.75, 3.05) is 44.7 Å². The van der Waals surface area contributed by atoms with Crippen molar-refractivity contribution in [1.29, 1.82) is 0 Å². The molecule has 23 heavy (non-hydrogen) atoms. The van der Waals surface area contributed by atoms with Gasteiger partial charge in [0.15, 0.2) is 0 Å². The highest BCUT2D eigenvalue weighted by Crippen LogP contribution is 2.24. The number of anilines is 2. The van der Waals surface area contributed by atoms with E-state index in [1.807, 2.05) is 18.2 Å². The third kappa shape index (κ3) is 3.82. The van der Waals surface area contributed by atoms with Gasteiger partial charge in [0.2, 0.25) is 5.95 Å². The Morgan fingerprint density at radius 3 is 2.70 bits per heavy atom. The quantitative estimate of drug-likeness (QED) is 0.791. The molecule has 6 nitrogen and oxygen atoms in total. The summed E-state index contributed by atoms with van der Waals surface area (Å²) in [5.41, 5.74) is 13.5. The predicted molar refractivity (Wildman–Crippen MR) is 101 cm³/mol. The first-order chi connectivity index (χ1) is 11.0. The molecule has 0 amide bonds. The van der Waals surface area contributed by atoms with E-state index in [0.29, 0.717) is 5.82 Å². The lowest BCUT2D eigenvalue weighted by atomic mass is 10.1. The van der Waals surface area contributed by atoms with E-state index in [0.717, 1.165) is 52.7 Å². The van der Waals surface area contributed by atoms with Gasteiger partial charge in [-0.2, -0.15) is 4.98 Å². The Morgan fingerprint density at radius 2 is 1.96 bits per heavy atom. The van der Waals surface area contributed by atoms with Crippen LogP contribution in [0.3, 0.4) is 0 Å². The molecule has 0 radical (unpaired) electrons. The highest BCUT2D eigenvalue weighted by molar-refractivity contribution is 8.22. The third-order valence-electron chi connectivity index (χ3n) is 3.93. The molecule has 0 atom stereocenters. The molecule has 4 N–H and O–H groups in total. The maximum atomic E-state index is 5.94. The van der Waals surface area contributed by atoms with Crippen molar-refractivity contribution in [3.8, 4) is 0 Å². The zero-order valence-corrected chi connectivity index (χ0v) is 14.7. The second-order valence-electron chi connectivity index (χ2n) is 5.66. The lowest BCUT2D eigenvalue weighted by molar-refractivity contribution is 0.220. The number of fused-ring (bicyclic) bond motifs is 1. The van der Waals surface area contributed by atoms with Crippen LogP contribution < -0.4 is 11.5 Å². The Labute approximate surface area is 145 Å². The second kappa shape index (κ2) is 6.86. The van der Waals surface area contributed by atoms with Crippen LogP contribution in [0.2, 0.25) is 0 Å². The van der Waals surface area contributed by atoms with E-state index in [9.17, 15) is 0 Å². The fraction of sp³-hybridized carbons (Fsp3) is 0.400. The van der Waals surface area contributed by atoms with Gasteiger partial charge in [0.05, 0.1) is 5.52 Å². The summed E-state index contributed by atoms with van der Waals surface area (Å²) in [5, 5.41) is 0.836. The Morgan fingerprint density at radius 1 is 1.22 bits per heavy atom. The van der Waals surface area contributed by atoms with Crippen LogP contribution in [0.25, 0.3) is 10.9 Å². The fourth-order valence-electron chi connectivity index (χ4n) is 2.53. The summed E-state index contributed by atoms with van der Waals surface area (Å²) in [6.07, 6.45) is 0. The minimum Gasteiger partial charge on any atom is -0.383 e. The van der Waals surface area contributed by atoms with Gasteiger partial charge in [0, 0.05) is 37.3 Å². The lowest BCUT2D eigenvalue weighted by Crippen LogP contribution is -2.45. The van der Waals surface area contributed by atoms with Crippen molar-refractivity contribution < 1.29 is 0 Å². The molecule has 3 rings (SSSR count). The summed E-state index contributed by atoms with van der Waals surface area (Å²) in [6, 6.07) is 5.98. The Hall–Kier alpha value is -1.64. The van der Waals surface area contributed by atoms with Crippen LogP contribution in [0.15, 0.2) is 18.2 Å². The number of nitrogens with two attached hydrogens (primary N) is 2. The van der Waals surface area contributed by atoms with Gasteiger partial charge in [-0.1, -0.05) is 30.0 Å². The molecule has 1 aliphatic heterocycles. The molecule has 2 aromatic rings. The average Bonchev–Trinajstić information content (AvgIpc) is 2.53. The number of thiocarbonyl (C=S) groups is 1. The number of likely N-dealkylation sites (N-methyl/N-ethyl adjacent to an activating group) is 1. The first-order valence-electron chi connectivity index (χ1n) is 7.45. The molecule has 122 valence electrons. The van der Waals surface area contributed by atoms with Gasteiger partial charge in [0.25, 0.3) is 0 Å². The average molecular weight is 349 g/mol. The van der Waals surface area contributed by atoms with Crippen LogP contribution >= 0.6 is 24.0 Å². The van der Waals surface area contributed by atoms with Gasteiger partial charge in [0.1, 0.15) is 10.1 Å². The zero-order valence-electron chi connectivity index (χ0n) is 13.0. The normalized spacial score (nSPS) is 16.0. The number of piperazine rings is 1. The highest BCUT2D eigenvalue weighted by Gasteiger charge is 2.16. The van der Waals surface area contributed by atoms with Crippen LogP contribution in [-0.2, 0) is 5.75 Å². The monoisotopic (exact) mass is 348 g/mol. The molecule has 0 saturated carbocycles. The highest BCUT2D eigenvalue weighted by atomic mass is 32.2. The van der Waals surface area contributed by atoms with Crippen molar-refractivity contribution in [2.24, 2.45) is 0 Å². The minimum absolute atomic E-state index is 0.202. The number of nitrogen functional groups attached to an aromatic ring is 2. The number of hydrogen-bond donors (Lipinski definition) is 2. The lowest BCUT2D eigenvalue weighted by Gasteiger charge is -2.33. The number of nitrogens with zero attached hydrogens (tertiary/aromatic N) is 4. The summed E-state index contributed by atoms with van der Waals surface area (Å²) in [7, 11) is 2.14. The Balaban J connectivity index is 1.66. The van der Waals surface area contributed by atoms with Crippen molar-refractivity contribution in [3.63, 3.8) is 0 Å². The second-order valence-corrected chi connectivity index (χ2v) is 7.27. The van der Waals surface area contributed by atoms with E-state index in [4.69, 9.17) is 23.7 Å². The number of rotatable bonds is 2. The summed E-state index contributed by atoms with van der Waals surface area (Å²) < 4.78 is 0.958. The van der Waals surface area contributed by atoms with Crippen LogP contribution in [0.1, 0.15) is 5.56 Å². The van der Waals surface area contributed by atoms with E-state index >= 15 is 0 Å². The van der Waals surface area contributed by atoms with E-state index < -0.39 is 0 Å². The van der Waals surface area contributed by atoms with E-state index in [2.05, 4.69) is 26.8 Å². The summed E-state index contributed by atoms with van der Waals surface area (Å²) in [4.78, 5) is 12.8. The van der Waals surface area contributed by atoms with Gasteiger partial charge in [-0.3, -0.25) is 0 Å². The molecule has 2 heterocycles. The molecule has 0 bridgehead atoms. The van der Waals surface area contributed by atoms with E-state index in [-0.39, 0.29) is 5.95 Å². The molecule has 0 aliphatic carbocycles. The largest absolute Gasteiger partial charge is 0.383 e. The fourth-order valence-corrected chi connectivity index (χ4v) is 3.73. The van der Waals surface area contributed by atoms with Crippen molar-refractivity contribution in [2.45, 2.75) is 5.75 Å². The number of hydrogen-bond acceptors (Lipinski definition) is 7. The van der Waals surface area contributed by atoms with Crippen LogP contribution in [-0.4, -0.2) is 57.3 Å². The summed E-state index contributed by atoms with van der Waals surface area (Å²) in [5.74, 6) is 1.43. The molecule has 1 aromatic carbocycles. The molecule has 0 unspecified atom stereocenters. The molecule has 0 spiro atoms. The topological polar surface area (TPSA) is 84.3 Å². The Bertz CT molecular complexity index is 727. The summed E-state index contributed by atoms with van der Waals surface area (Å²) >= 11 is 7.24. The standard InChI is InChI=1S/C15H20N6S2/c1-20-4-6-21(7-5-20)15(22)23-9-10-2-3-12-11(8-10)13(16)19-14(17)18-12/h2-3,8H,4-7,9H2,1H3,(H4,16,17,18,19). The van der Waals surface area contributed by atoms with E-state index in [1.165, 1.54) is 0 Å². The zero-order chi connectivity index (χ0) is 16.4. The maximum Gasteiger partial charge on any atom is 0.222 e. The van der Waals surface area contributed by atoms with Gasteiger partial charge < -0.3 is 21.3 Å². The maximum absolute atomic E-state index is 5.94. The first-order valence-corrected chi connectivity index (χ1v) is 8.84. The molecular formula is C15H20N6S2. The Kier molecular flexibility index (Phi) is 4.84. The van der Waals surface area contributed by atoms with Crippen molar-refractivity contribution in [3.05, 3.63) is 23.8 Å². The van der Waals surface area contributed by atoms with Crippen LogP contribution in [0.5, 0.6) is 0 Å². The molecule has 1 fully saturated rings. The van der Waals surface area contributed by atoms with Gasteiger partial charge in [-0.25, -0.2) is 4.98 Å². The van der Waals surface area contributed by atoms with E-state index in [1.54, 1.807) is 11.8 Å². The van der Waals surface area contributed by atoms with Crippen molar-refractivity contribution >= 4 is 51.0 Å².